The van der Waals surface area contributed by atoms with Crippen LogP contribution in [0.1, 0.15) is 16.2 Å². The van der Waals surface area contributed by atoms with Crippen LogP contribution in [-0.2, 0) is 16.6 Å². The number of hydrogen-bond donors (Lipinski definition) is 1. The van der Waals surface area contributed by atoms with Gasteiger partial charge in [-0.3, -0.25) is 9.59 Å². The summed E-state index contributed by atoms with van der Waals surface area (Å²) in [6.07, 6.45) is 0. The second-order valence-corrected chi connectivity index (χ2v) is 4.03. The number of aryl methyl sites for hydroxylation is 1. The topological polar surface area (TPSA) is 71.8 Å². The van der Waals surface area contributed by atoms with Gasteiger partial charge in [0, 0.05) is 26.4 Å². The SMILES string of the molecule is COCCN(CC(=O)O)C(=O)c1ccc(C)n1C. The third kappa shape index (κ3) is 3.33. The van der Waals surface area contributed by atoms with Gasteiger partial charge >= 0.3 is 5.97 Å². The van der Waals surface area contributed by atoms with Crippen molar-refractivity contribution in [3.8, 4) is 0 Å². The molecular formula is C12H18N2O4. The lowest BCUT2D eigenvalue weighted by Crippen LogP contribution is -2.38. The summed E-state index contributed by atoms with van der Waals surface area (Å²) in [7, 11) is 3.29. The van der Waals surface area contributed by atoms with Crippen LogP contribution in [0.25, 0.3) is 0 Å². The standard InChI is InChI=1S/C12H18N2O4/c1-9-4-5-10(13(9)2)12(17)14(6-7-18-3)8-11(15)16/h4-5H,6-8H2,1-3H3,(H,15,16). The smallest absolute Gasteiger partial charge is 0.323 e. The van der Waals surface area contributed by atoms with Crippen LogP contribution in [0.15, 0.2) is 12.1 Å². The van der Waals surface area contributed by atoms with Gasteiger partial charge in [-0.05, 0) is 19.1 Å². The lowest BCUT2D eigenvalue weighted by molar-refractivity contribution is -0.137. The van der Waals surface area contributed by atoms with Crippen molar-refractivity contribution >= 4 is 11.9 Å². The molecule has 0 spiro atoms. The molecule has 0 fully saturated rings. The lowest BCUT2D eigenvalue weighted by Gasteiger charge is -2.20. The predicted octanol–water partition coefficient (Wildman–Crippen LogP) is 0.507. The molecule has 100 valence electrons. The van der Waals surface area contributed by atoms with E-state index in [9.17, 15) is 9.59 Å². The number of aliphatic carboxylic acids is 1. The van der Waals surface area contributed by atoms with Crippen molar-refractivity contribution in [1.82, 2.24) is 9.47 Å². The van der Waals surface area contributed by atoms with Gasteiger partial charge in [0.25, 0.3) is 5.91 Å². The lowest BCUT2D eigenvalue weighted by atomic mass is 10.3. The van der Waals surface area contributed by atoms with E-state index in [0.29, 0.717) is 12.3 Å². The summed E-state index contributed by atoms with van der Waals surface area (Å²) in [6, 6.07) is 3.52. The Morgan fingerprint density at radius 3 is 2.56 bits per heavy atom. The van der Waals surface area contributed by atoms with Crippen LogP contribution in [0.3, 0.4) is 0 Å². The monoisotopic (exact) mass is 254 g/mol. The van der Waals surface area contributed by atoms with E-state index in [1.165, 1.54) is 12.0 Å². The zero-order valence-corrected chi connectivity index (χ0v) is 10.8. The molecule has 1 aromatic heterocycles. The zero-order valence-electron chi connectivity index (χ0n) is 10.8. The van der Waals surface area contributed by atoms with Gasteiger partial charge in [-0.15, -0.1) is 0 Å². The first-order chi connectivity index (χ1) is 8.47. The van der Waals surface area contributed by atoms with Crippen LogP contribution in [0.2, 0.25) is 0 Å². The molecule has 1 rings (SSSR count). The molecule has 1 amide bonds. The molecule has 0 unspecified atom stereocenters. The molecule has 0 aliphatic rings. The Morgan fingerprint density at radius 2 is 2.11 bits per heavy atom. The van der Waals surface area contributed by atoms with Crippen molar-refractivity contribution in [1.29, 1.82) is 0 Å². The van der Waals surface area contributed by atoms with E-state index in [4.69, 9.17) is 9.84 Å². The van der Waals surface area contributed by atoms with Gasteiger partial charge in [0.15, 0.2) is 0 Å². The third-order valence-electron chi connectivity index (χ3n) is 2.77. The molecule has 0 aliphatic carbocycles. The van der Waals surface area contributed by atoms with E-state index in [2.05, 4.69) is 0 Å². The Labute approximate surface area is 106 Å². The summed E-state index contributed by atoms with van der Waals surface area (Å²) >= 11 is 0. The number of nitrogens with zero attached hydrogens (tertiary/aromatic N) is 2. The Hall–Kier alpha value is -1.82. The second kappa shape index (κ2) is 6.20. The fourth-order valence-electron chi connectivity index (χ4n) is 1.61. The average Bonchev–Trinajstić information content (AvgIpc) is 2.64. The van der Waals surface area contributed by atoms with Crippen LogP contribution in [0.4, 0.5) is 0 Å². The number of methoxy groups -OCH3 is 1. The number of carbonyl (C=O) groups excluding carboxylic acids is 1. The molecule has 1 N–H and O–H groups in total. The summed E-state index contributed by atoms with van der Waals surface area (Å²) in [5, 5.41) is 8.81. The van der Waals surface area contributed by atoms with Gasteiger partial charge < -0.3 is 19.3 Å². The highest BCUT2D eigenvalue weighted by Gasteiger charge is 2.20. The molecule has 6 nitrogen and oxygen atoms in total. The highest BCUT2D eigenvalue weighted by molar-refractivity contribution is 5.94. The first-order valence-corrected chi connectivity index (χ1v) is 5.59. The van der Waals surface area contributed by atoms with Crippen molar-refractivity contribution in [2.75, 3.05) is 26.8 Å². The molecule has 18 heavy (non-hydrogen) atoms. The second-order valence-electron chi connectivity index (χ2n) is 4.03. The minimum atomic E-state index is -1.04. The van der Waals surface area contributed by atoms with E-state index in [1.54, 1.807) is 17.7 Å². The van der Waals surface area contributed by atoms with E-state index < -0.39 is 5.97 Å². The van der Waals surface area contributed by atoms with E-state index >= 15 is 0 Å². The van der Waals surface area contributed by atoms with Crippen molar-refractivity contribution in [2.24, 2.45) is 7.05 Å². The fraction of sp³-hybridized carbons (Fsp3) is 0.500. The molecule has 0 bridgehead atoms. The number of carboxylic acid groups (broad SMARTS) is 1. The van der Waals surface area contributed by atoms with Crippen molar-refractivity contribution in [3.05, 3.63) is 23.5 Å². The molecule has 1 aromatic rings. The molecule has 0 saturated heterocycles. The molecule has 0 radical (unpaired) electrons. The summed E-state index contributed by atoms with van der Waals surface area (Å²) in [4.78, 5) is 24.2. The Kier molecular flexibility index (Phi) is 4.91. The Morgan fingerprint density at radius 1 is 1.44 bits per heavy atom. The van der Waals surface area contributed by atoms with Crippen LogP contribution < -0.4 is 0 Å². The van der Waals surface area contributed by atoms with Crippen molar-refractivity contribution in [3.63, 3.8) is 0 Å². The minimum Gasteiger partial charge on any atom is -0.480 e. The summed E-state index contributed by atoms with van der Waals surface area (Å²) in [5.74, 6) is -1.34. The minimum absolute atomic E-state index is 0.256. The molecule has 0 saturated carbocycles. The van der Waals surface area contributed by atoms with Gasteiger partial charge in [0.05, 0.1) is 6.61 Å². The van der Waals surface area contributed by atoms with Gasteiger partial charge in [-0.25, -0.2) is 0 Å². The van der Waals surface area contributed by atoms with E-state index in [0.717, 1.165) is 5.69 Å². The zero-order chi connectivity index (χ0) is 13.7. The molecule has 0 atom stereocenters. The number of carboxylic acids is 1. The molecule has 0 aliphatic heterocycles. The summed E-state index contributed by atoms with van der Waals surface area (Å²) in [5.41, 5.74) is 1.42. The highest BCUT2D eigenvalue weighted by Crippen LogP contribution is 2.09. The molecular weight excluding hydrogens is 236 g/mol. The maximum atomic E-state index is 12.2. The van der Waals surface area contributed by atoms with Gasteiger partial charge in [-0.1, -0.05) is 0 Å². The van der Waals surface area contributed by atoms with E-state index in [1.807, 2.05) is 13.0 Å². The fourth-order valence-corrected chi connectivity index (χ4v) is 1.61. The number of amides is 1. The van der Waals surface area contributed by atoms with Gasteiger partial charge in [0.2, 0.25) is 0 Å². The van der Waals surface area contributed by atoms with Crippen LogP contribution >= 0.6 is 0 Å². The number of carbonyl (C=O) groups is 2. The summed E-state index contributed by atoms with van der Waals surface area (Å²) < 4.78 is 6.62. The highest BCUT2D eigenvalue weighted by atomic mass is 16.5. The Bertz CT molecular complexity index is 439. The van der Waals surface area contributed by atoms with E-state index in [-0.39, 0.29) is 19.0 Å². The summed E-state index contributed by atoms with van der Waals surface area (Å²) in [6.45, 7) is 2.12. The van der Waals surface area contributed by atoms with Crippen LogP contribution in [-0.4, -0.2) is 53.3 Å². The normalized spacial score (nSPS) is 10.4. The first-order valence-electron chi connectivity index (χ1n) is 5.59. The number of aromatic nitrogens is 1. The predicted molar refractivity (Wildman–Crippen MR) is 65.6 cm³/mol. The van der Waals surface area contributed by atoms with Gasteiger partial charge in [0.1, 0.15) is 12.2 Å². The third-order valence-corrected chi connectivity index (χ3v) is 2.77. The van der Waals surface area contributed by atoms with Crippen LogP contribution in [0, 0.1) is 6.92 Å². The molecule has 1 heterocycles. The Balaban J connectivity index is 2.87. The number of hydrogen-bond acceptors (Lipinski definition) is 3. The van der Waals surface area contributed by atoms with Crippen molar-refractivity contribution in [2.45, 2.75) is 6.92 Å². The molecule has 0 aromatic carbocycles. The quantitative estimate of drug-likeness (QED) is 0.802. The largest absolute Gasteiger partial charge is 0.480 e. The number of ether oxygens (including phenoxy) is 1. The van der Waals surface area contributed by atoms with Crippen molar-refractivity contribution < 1.29 is 19.4 Å². The molecule has 6 heteroatoms. The van der Waals surface area contributed by atoms with Crippen LogP contribution in [0.5, 0.6) is 0 Å². The van der Waals surface area contributed by atoms with Gasteiger partial charge in [-0.2, -0.15) is 0 Å². The number of rotatable bonds is 6. The average molecular weight is 254 g/mol. The maximum absolute atomic E-state index is 12.2. The maximum Gasteiger partial charge on any atom is 0.323 e. The first kappa shape index (κ1) is 14.2.